The minimum atomic E-state index is -0.804. The van der Waals surface area contributed by atoms with Gasteiger partial charge in [-0.3, -0.25) is 4.79 Å². The maximum atomic E-state index is 14.0. The lowest BCUT2D eigenvalue weighted by atomic mass is 10.0. The number of ether oxygens (including phenoxy) is 1. The first-order valence-corrected chi connectivity index (χ1v) is 7.45. The fraction of sp³-hybridized carbons (Fsp3) is 0.750. The molecule has 0 aromatic carbocycles. The Morgan fingerprint density at radius 3 is 2.00 bits per heavy atom. The molecule has 0 bridgehead atoms. The predicted molar refractivity (Wildman–Crippen MR) is 81.3 cm³/mol. The van der Waals surface area contributed by atoms with Crippen LogP contribution in [0.3, 0.4) is 0 Å². The van der Waals surface area contributed by atoms with Crippen LogP contribution in [-0.4, -0.2) is 35.5 Å². The molecule has 0 saturated heterocycles. The number of esters is 1. The Morgan fingerprint density at radius 2 is 1.67 bits per heavy atom. The van der Waals surface area contributed by atoms with Gasteiger partial charge in [-0.05, 0) is 52.5 Å². The summed E-state index contributed by atoms with van der Waals surface area (Å²) < 4.78 is 19.1. The largest absolute Gasteiger partial charge is 0.464 e. The van der Waals surface area contributed by atoms with E-state index >= 15 is 0 Å². The van der Waals surface area contributed by atoms with Gasteiger partial charge in [0, 0.05) is 6.04 Å². The topological polar surface area (TPSA) is 46.6 Å². The molecule has 0 aromatic rings. The van der Waals surface area contributed by atoms with E-state index in [0.29, 0.717) is 12.0 Å². The molecule has 1 amide bonds. The third-order valence-corrected chi connectivity index (χ3v) is 3.01. The smallest absolute Gasteiger partial charge is 0.328 e. The highest BCUT2D eigenvalue weighted by Crippen LogP contribution is 2.21. The van der Waals surface area contributed by atoms with Gasteiger partial charge >= 0.3 is 5.97 Å². The van der Waals surface area contributed by atoms with Crippen LogP contribution < -0.4 is 0 Å². The normalized spacial score (nSPS) is 12.3. The quantitative estimate of drug-likeness (QED) is 0.534. The predicted octanol–water partition coefficient (Wildman–Crippen LogP) is 3.46. The minimum absolute atomic E-state index is 0.184. The second kappa shape index (κ2) is 8.80. The van der Waals surface area contributed by atoms with Gasteiger partial charge in [0.05, 0.1) is 6.61 Å². The number of hydrogen-bond acceptors (Lipinski definition) is 3. The van der Waals surface area contributed by atoms with Crippen LogP contribution in [0.4, 0.5) is 4.39 Å². The van der Waals surface area contributed by atoms with Crippen molar-refractivity contribution in [1.29, 1.82) is 0 Å². The molecule has 0 aromatic heterocycles. The van der Waals surface area contributed by atoms with Crippen LogP contribution in [-0.2, 0) is 14.3 Å². The zero-order chi connectivity index (χ0) is 16.7. The van der Waals surface area contributed by atoms with Crippen molar-refractivity contribution in [3.05, 3.63) is 11.4 Å². The molecule has 0 heterocycles. The van der Waals surface area contributed by atoms with Crippen LogP contribution in [0.25, 0.3) is 0 Å². The molecule has 1 atom stereocenters. The molecule has 0 aliphatic rings. The highest BCUT2D eigenvalue weighted by molar-refractivity contribution is 5.95. The number of rotatable bonds is 7. The van der Waals surface area contributed by atoms with Crippen molar-refractivity contribution in [1.82, 2.24) is 4.90 Å². The lowest BCUT2D eigenvalue weighted by Crippen LogP contribution is -2.50. The molecular weight excluding hydrogens is 273 g/mol. The van der Waals surface area contributed by atoms with E-state index in [9.17, 15) is 14.0 Å². The molecule has 0 saturated carbocycles. The van der Waals surface area contributed by atoms with Crippen LogP contribution in [0, 0.1) is 5.92 Å². The number of amides is 1. The maximum Gasteiger partial charge on any atom is 0.328 e. The summed E-state index contributed by atoms with van der Waals surface area (Å²) >= 11 is 0. The molecule has 0 aliphatic carbocycles. The Bertz CT molecular complexity index is 398. The molecule has 1 unspecified atom stereocenters. The van der Waals surface area contributed by atoms with Crippen molar-refractivity contribution in [2.24, 2.45) is 5.92 Å². The van der Waals surface area contributed by atoms with Crippen molar-refractivity contribution in [2.45, 2.75) is 67.0 Å². The summed E-state index contributed by atoms with van der Waals surface area (Å²) in [6, 6.07) is -1.06. The van der Waals surface area contributed by atoms with Crippen molar-refractivity contribution in [2.75, 3.05) is 6.61 Å². The van der Waals surface area contributed by atoms with Crippen LogP contribution in [0.15, 0.2) is 11.4 Å². The van der Waals surface area contributed by atoms with Crippen molar-refractivity contribution in [3.63, 3.8) is 0 Å². The standard InChI is InChI=1S/C16H28FNO3/c1-8-21-16(20)13(9-10(2)3)18(12(6)7)15(19)14(17)11(4)5/h10,12-13H,8-9H2,1-7H3. The fourth-order valence-electron chi connectivity index (χ4n) is 2.07. The zero-order valence-corrected chi connectivity index (χ0v) is 14.2. The lowest BCUT2D eigenvalue weighted by Gasteiger charge is -2.34. The Kier molecular flexibility index (Phi) is 8.22. The van der Waals surface area contributed by atoms with E-state index in [1.807, 2.05) is 13.8 Å². The van der Waals surface area contributed by atoms with Gasteiger partial charge in [-0.25, -0.2) is 9.18 Å². The van der Waals surface area contributed by atoms with E-state index in [4.69, 9.17) is 4.74 Å². The van der Waals surface area contributed by atoms with Crippen molar-refractivity contribution >= 4 is 11.9 Å². The monoisotopic (exact) mass is 301 g/mol. The molecule has 0 spiro atoms. The van der Waals surface area contributed by atoms with E-state index in [2.05, 4.69) is 0 Å². The van der Waals surface area contributed by atoms with E-state index in [0.717, 1.165) is 0 Å². The molecular formula is C16H28FNO3. The van der Waals surface area contributed by atoms with Gasteiger partial charge in [0.25, 0.3) is 5.91 Å². The summed E-state index contributed by atoms with van der Waals surface area (Å²) in [6.45, 7) is 12.5. The SMILES string of the molecule is CCOC(=O)C(CC(C)C)N(C(=O)C(F)=C(C)C)C(C)C. The molecule has 4 nitrogen and oxygen atoms in total. The van der Waals surface area contributed by atoms with Crippen LogP contribution in [0.1, 0.15) is 54.9 Å². The fourth-order valence-corrected chi connectivity index (χ4v) is 2.07. The number of halogens is 1. The maximum absolute atomic E-state index is 14.0. The summed E-state index contributed by atoms with van der Waals surface area (Å²) in [6.07, 6.45) is 0.443. The van der Waals surface area contributed by atoms with Gasteiger partial charge in [0.15, 0.2) is 5.83 Å². The van der Waals surface area contributed by atoms with Crippen LogP contribution in [0.2, 0.25) is 0 Å². The zero-order valence-electron chi connectivity index (χ0n) is 14.2. The number of hydrogen-bond donors (Lipinski definition) is 0. The first-order chi connectivity index (χ1) is 9.63. The average Bonchev–Trinajstić information content (AvgIpc) is 2.35. The Labute approximate surface area is 127 Å². The average molecular weight is 301 g/mol. The molecule has 0 aliphatic heterocycles. The van der Waals surface area contributed by atoms with Gasteiger partial charge in [0.1, 0.15) is 6.04 Å². The molecule has 0 N–H and O–H groups in total. The number of carbonyl (C=O) groups is 2. The summed E-state index contributed by atoms with van der Waals surface area (Å²) in [5.74, 6) is -1.84. The van der Waals surface area contributed by atoms with Gasteiger partial charge < -0.3 is 9.64 Å². The summed E-state index contributed by atoms with van der Waals surface area (Å²) in [5.41, 5.74) is 0.304. The molecule has 0 rings (SSSR count). The Balaban J connectivity index is 5.57. The Morgan fingerprint density at radius 1 is 1.14 bits per heavy atom. The van der Waals surface area contributed by atoms with Gasteiger partial charge in [0.2, 0.25) is 0 Å². The third-order valence-electron chi connectivity index (χ3n) is 3.01. The summed E-state index contributed by atoms with van der Waals surface area (Å²) in [4.78, 5) is 25.8. The van der Waals surface area contributed by atoms with E-state index in [1.54, 1.807) is 20.8 Å². The highest BCUT2D eigenvalue weighted by atomic mass is 19.1. The first-order valence-electron chi connectivity index (χ1n) is 7.45. The molecule has 0 radical (unpaired) electrons. The molecule has 122 valence electrons. The van der Waals surface area contributed by atoms with Crippen LogP contribution >= 0.6 is 0 Å². The number of allylic oxidation sites excluding steroid dienone is 1. The van der Waals surface area contributed by atoms with E-state index in [-0.39, 0.29) is 18.6 Å². The van der Waals surface area contributed by atoms with Gasteiger partial charge in [-0.1, -0.05) is 13.8 Å². The second-order valence-corrected chi connectivity index (χ2v) is 6.02. The molecule has 5 heteroatoms. The van der Waals surface area contributed by atoms with E-state index < -0.39 is 23.7 Å². The lowest BCUT2D eigenvalue weighted by molar-refractivity contribution is -0.156. The third kappa shape index (κ3) is 5.86. The van der Waals surface area contributed by atoms with Crippen molar-refractivity contribution < 1.29 is 18.7 Å². The molecule has 0 fully saturated rings. The number of carbonyl (C=O) groups excluding carboxylic acids is 2. The number of nitrogens with zero attached hydrogens (tertiary/aromatic N) is 1. The second-order valence-electron chi connectivity index (χ2n) is 6.02. The molecule has 21 heavy (non-hydrogen) atoms. The highest BCUT2D eigenvalue weighted by Gasteiger charge is 2.35. The Hall–Kier alpha value is -1.39. The first kappa shape index (κ1) is 19.6. The van der Waals surface area contributed by atoms with Gasteiger partial charge in [-0.2, -0.15) is 0 Å². The van der Waals surface area contributed by atoms with Gasteiger partial charge in [-0.15, -0.1) is 0 Å². The minimum Gasteiger partial charge on any atom is -0.464 e. The summed E-state index contributed by atoms with van der Waals surface area (Å²) in [5, 5.41) is 0. The van der Waals surface area contributed by atoms with E-state index in [1.165, 1.54) is 18.7 Å². The van der Waals surface area contributed by atoms with Crippen molar-refractivity contribution in [3.8, 4) is 0 Å². The summed E-state index contributed by atoms with van der Waals surface area (Å²) in [7, 11) is 0. The van der Waals surface area contributed by atoms with Crippen LogP contribution in [0.5, 0.6) is 0 Å².